The number of nitrogens with zero attached hydrogens (tertiary/aromatic N) is 2. The smallest absolute Gasteiger partial charge is 0.386 e. The van der Waals surface area contributed by atoms with Crippen molar-refractivity contribution in [2.45, 2.75) is 0 Å². The van der Waals surface area contributed by atoms with Crippen molar-refractivity contribution in [1.82, 2.24) is 0 Å². The Morgan fingerprint density at radius 1 is 1.16 bits per heavy atom. The van der Waals surface area contributed by atoms with E-state index in [0.29, 0.717) is 22.0 Å². The summed E-state index contributed by atoms with van der Waals surface area (Å²) < 4.78 is 0. The van der Waals surface area contributed by atoms with Crippen molar-refractivity contribution < 1.29 is 17.2 Å². The van der Waals surface area contributed by atoms with Crippen LogP contribution in [-0.4, -0.2) is 5.91 Å². The molecule has 0 heterocycles. The lowest BCUT2D eigenvalue weighted by atomic mass is 10.2. The van der Waals surface area contributed by atoms with Gasteiger partial charge in [0.05, 0.1) is 16.8 Å². The van der Waals surface area contributed by atoms with Crippen molar-refractivity contribution in [3.63, 3.8) is 0 Å². The highest BCUT2D eigenvalue weighted by Crippen LogP contribution is 2.27. The van der Waals surface area contributed by atoms with E-state index in [4.69, 9.17) is 17.0 Å². The van der Waals surface area contributed by atoms with Gasteiger partial charge in [-0.3, -0.25) is 4.79 Å². The first-order valence-corrected chi connectivity index (χ1v) is 5.59. The van der Waals surface area contributed by atoms with Crippen molar-refractivity contribution >= 4 is 28.9 Å². The van der Waals surface area contributed by atoms with Gasteiger partial charge in [-0.1, -0.05) is 29.8 Å². The van der Waals surface area contributed by atoms with Gasteiger partial charge in [0.1, 0.15) is 0 Å². The van der Waals surface area contributed by atoms with Gasteiger partial charge >= 0.3 is 5.69 Å². The molecule has 0 spiro atoms. The van der Waals surface area contributed by atoms with Crippen LogP contribution in [0.4, 0.5) is 11.4 Å². The Balaban J connectivity index is 0.00000180. The average Bonchev–Trinajstić information content (AvgIpc) is 2.42. The molecule has 0 aliphatic carbocycles. The fourth-order valence-corrected chi connectivity index (χ4v) is 1.67. The minimum absolute atomic E-state index is 0. The van der Waals surface area contributed by atoms with Gasteiger partial charge in [0.25, 0.3) is 5.91 Å². The van der Waals surface area contributed by atoms with Crippen molar-refractivity contribution in [1.29, 1.82) is 5.39 Å². The summed E-state index contributed by atoms with van der Waals surface area (Å²) in [6.07, 6.45) is 0. The van der Waals surface area contributed by atoms with Crippen molar-refractivity contribution in [2.75, 3.05) is 5.32 Å². The van der Waals surface area contributed by atoms with Gasteiger partial charge in [0, 0.05) is 11.6 Å². The molecule has 0 saturated heterocycles. The maximum absolute atomic E-state index is 11.9. The monoisotopic (exact) mass is 293 g/mol. The molecule has 6 heteroatoms. The van der Waals surface area contributed by atoms with E-state index in [1.54, 1.807) is 36.4 Å². The number of nitrogens with one attached hydrogen (secondary N) is 1. The predicted octanol–water partition coefficient (Wildman–Crippen LogP) is 1.08. The number of anilines is 1. The number of rotatable bonds is 2. The third kappa shape index (κ3) is 3.68. The van der Waals surface area contributed by atoms with Gasteiger partial charge in [0.2, 0.25) is 5.39 Å². The minimum Gasteiger partial charge on any atom is -1.00 e. The highest BCUT2D eigenvalue weighted by molar-refractivity contribution is 6.34. The number of amides is 1. The van der Waals surface area contributed by atoms with E-state index < -0.39 is 0 Å². The Kier molecular flexibility index (Phi) is 5.31. The molecule has 2 aromatic rings. The predicted molar refractivity (Wildman–Crippen MR) is 70.6 cm³/mol. The Morgan fingerprint density at radius 3 is 2.42 bits per heavy atom. The van der Waals surface area contributed by atoms with E-state index in [2.05, 4.69) is 10.3 Å². The zero-order valence-electron chi connectivity index (χ0n) is 9.68. The maximum atomic E-state index is 11.9. The summed E-state index contributed by atoms with van der Waals surface area (Å²) in [6, 6.07) is 13.4. The van der Waals surface area contributed by atoms with Crippen molar-refractivity contribution in [3.05, 3.63) is 64.1 Å². The highest BCUT2D eigenvalue weighted by atomic mass is 35.5. The summed E-state index contributed by atoms with van der Waals surface area (Å²) in [4.78, 5) is 14.9. The second-order valence-electron chi connectivity index (χ2n) is 3.58. The molecule has 1 amide bonds. The summed E-state index contributed by atoms with van der Waals surface area (Å²) in [7, 11) is 0. The average molecular weight is 294 g/mol. The van der Waals surface area contributed by atoms with E-state index in [1.165, 1.54) is 6.07 Å². The molecule has 2 rings (SSSR count). The molecule has 19 heavy (non-hydrogen) atoms. The molecule has 4 nitrogen and oxygen atoms in total. The molecule has 0 aromatic heterocycles. The van der Waals surface area contributed by atoms with E-state index in [1.807, 2.05) is 6.07 Å². The summed E-state index contributed by atoms with van der Waals surface area (Å²) in [6.45, 7) is 0. The third-order valence-electron chi connectivity index (χ3n) is 2.35. The van der Waals surface area contributed by atoms with E-state index in [9.17, 15) is 4.79 Å². The van der Waals surface area contributed by atoms with Gasteiger partial charge in [-0.05, 0) is 18.2 Å². The van der Waals surface area contributed by atoms with E-state index in [0.717, 1.165) is 0 Å². The SMILES string of the molecule is N#[N+]c1ccc(NC(=O)c2ccccc2)c(Cl)c1.[Cl-]. The van der Waals surface area contributed by atoms with Crippen molar-refractivity contribution in [2.24, 2.45) is 0 Å². The lowest BCUT2D eigenvalue weighted by Gasteiger charge is -2.05. The zero-order valence-corrected chi connectivity index (χ0v) is 11.2. The number of benzene rings is 2. The lowest BCUT2D eigenvalue weighted by molar-refractivity contribution is -0.0000113. The normalized spacial score (nSPS) is 9.05. The molecule has 0 bridgehead atoms. The fourth-order valence-electron chi connectivity index (χ4n) is 1.45. The Hall–Kier alpha value is -2.09. The van der Waals surface area contributed by atoms with Crippen LogP contribution >= 0.6 is 11.6 Å². The summed E-state index contributed by atoms with van der Waals surface area (Å²) in [5.74, 6) is -0.244. The van der Waals surface area contributed by atoms with Gasteiger partial charge in [-0.25, -0.2) is 0 Å². The van der Waals surface area contributed by atoms with E-state index >= 15 is 0 Å². The molecule has 2 aromatic carbocycles. The number of diazo groups is 1. The summed E-state index contributed by atoms with van der Waals surface area (Å²) in [5.41, 5.74) is 1.35. The number of hydrogen-bond acceptors (Lipinski definition) is 2. The molecule has 0 atom stereocenters. The number of carbonyl (C=O) groups is 1. The van der Waals surface area contributed by atoms with Crippen LogP contribution in [0.25, 0.3) is 4.98 Å². The molecule has 0 saturated carbocycles. The van der Waals surface area contributed by atoms with Gasteiger partial charge < -0.3 is 17.7 Å². The van der Waals surface area contributed by atoms with Crippen LogP contribution in [0.1, 0.15) is 10.4 Å². The van der Waals surface area contributed by atoms with Crippen molar-refractivity contribution in [3.8, 4) is 0 Å². The largest absolute Gasteiger partial charge is 1.00 e. The van der Waals surface area contributed by atoms with Crippen LogP contribution in [0.3, 0.4) is 0 Å². The molecule has 0 aliphatic heterocycles. The molecule has 0 unspecified atom stereocenters. The summed E-state index contributed by atoms with van der Waals surface area (Å²) in [5, 5.41) is 11.6. The standard InChI is InChI=1S/C13H8ClN3O.ClH/c14-11-8-10(17-15)6-7-12(11)16-13(18)9-4-2-1-3-5-9;/h1-8H;1H. The zero-order chi connectivity index (χ0) is 13.0. The Morgan fingerprint density at radius 2 is 1.84 bits per heavy atom. The van der Waals surface area contributed by atoms with Gasteiger partial charge in [-0.2, -0.15) is 0 Å². The molecular weight excluding hydrogens is 285 g/mol. The molecule has 0 fully saturated rings. The van der Waals surface area contributed by atoms with Crippen LogP contribution in [0.5, 0.6) is 0 Å². The number of halogens is 2. The fraction of sp³-hybridized carbons (Fsp3) is 0. The maximum Gasteiger partial charge on any atom is 0.386 e. The quantitative estimate of drug-likeness (QED) is 0.843. The molecule has 96 valence electrons. The van der Waals surface area contributed by atoms with Crippen LogP contribution < -0.4 is 17.7 Å². The van der Waals surface area contributed by atoms with Crippen LogP contribution in [0.15, 0.2) is 48.5 Å². The first-order chi connectivity index (χ1) is 8.70. The van der Waals surface area contributed by atoms with Gasteiger partial charge in [-0.15, -0.1) is 0 Å². The highest BCUT2D eigenvalue weighted by Gasteiger charge is 2.12. The van der Waals surface area contributed by atoms with Crippen LogP contribution in [0.2, 0.25) is 5.02 Å². The van der Waals surface area contributed by atoms with Crippen LogP contribution in [0, 0.1) is 5.39 Å². The number of carbonyl (C=O) groups excluding carboxylic acids is 1. The first kappa shape index (κ1) is 15.0. The third-order valence-corrected chi connectivity index (χ3v) is 2.67. The Bertz CT molecular complexity index is 624. The second kappa shape index (κ2) is 6.74. The minimum atomic E-state index is -0.244. The molecule has 0 radical (unpaired) electrons. The first-order valence-electron chi connectivity index (χ1n) is 5.22. The molecule has 1 N–H and O–H groups in total. The summed E-state index contributed by atoms with van der Waals surface area (Å²) >= 11 is 5.95. The Labute approximate surface area is 121 Å². The van der Waals surface area contributed by atoms with Gasteiger partial charge in [0.15, 0.2) is 4.98 Å². The lowest BCUT2D eigenvalue weighted by Crippen LogP contribution is -3.00. The molecular formula is C13H9Cl2N3O. The van der Waals surface area contributed by atoms with Crippen LogP contribution in [-0.2, 0) is 0 Å². The number of hydrogen-bond donors (Lipinski definition) is 1. The molecule has 0 aliphatic rings. The second-order valence-corrected chi connectivity index (χ2v) is 3.99. The topological polar surface area (TPSA) is 57.2 Å². The van der Waals surface area contributed by atoms with E-state index in [-0.39, 0.29) is 18.3 Å².